The topological polar surface area (TPSA) is 33.6 Å². The maximum atomic E-state index is 4.09. The number of aromatic amines is 1. The average molecular weight is 312 g/mol. The molecule has 1 aliphatic rings. The predicted octanol–water partition coefficient (Wildman–Crippen LogP) is 4.76. The molecule has 0 unspecified atom stereocenters. The zero-order chi connectivity index (χ0) is 15.9. The van der Waals surface area contributed by atoms with Crippen molar-refractivity contribution in [3.8, 4) is 11.3 Å². The summed E-state index contributed by atoms with van der Waals surface area (Å²) in [5.74, 6) is 0.804. The van der Waals surface area contributed by atoms with Crippen LogP contribution in [0.4, 0.5) is 0 Å². The van der Waals surface area contributed by atoms with Crippen molar-refractivity contribution < 1.29 is 0 Å². The molecule has 1 radical (unpaired) electrons. The van der Waals surface area contributed by atoms with E-state index in [1.54, 1.807) is 0 Å². The standard InChI is InChI=1S/C21H18N3/c1-2-21(18-9-7-17(8-10-18)16-5-6-16)24(11-1)14-15-3-4-19-13-22-23-20(19)12-15/h2-4,7-13,16H,5-6,14H2,(H,22,23). The zero-order valence-corrected chi connectivity index (χ0v) is 13.4. The third kappa shape index (κ3) is 2.42. The van der Waals surface area contributed by atoms with Crippen LogP contribution in [-0.4, -0.2) is 14.8 Å². The summed E-state index contributed by atoms with van der Waals surface area (Å²) in [5, 5.41) is 8.28. The molecule has 3 nitrogen and oxygen atoms in total. The highest BCUT2D eigenvalue weighted by Crippen LogP contribution is 2.40. The molecule has 0 aliphatic heterocycles. The van der Waals surface area contributed by atoms with E-state index in [0.717, 1.165) is 23.4 Å². The van der Waals surface area contributed by atoms with Gasteiger partial charge in [-0.25, -0.2) is 0 Å². The third-order valence-electron chi connectivity index (χ3n) is 4.87. The van der Waals surface area contributed by atoms with Crippen molar-refractivity contribution in [3.63, 3.8) is 0 Å². The number of benzene rings is 2. The molecule has 0 spiro atoms. The average Bonchev–Trinajstić information content (AvgIpc) is 3.19. The van der Waals surface area contributed by atoms with Gasteiger partial charge < -0.3 is 4.57 Å². The number of nitrogens with one attached hydrogen (secondary N) is 1. The van der Waals surface area contributed by atoms with Crippen molar-refractivity contribution in [3.05, 3.63) is 78.1 Å². The number of hydrogen-bond donors (Lipinski definition) is 1. The Bertz CT molecular complexity index is 987. The lowest BCUT2D eigenvalue weighted by atomic mass is 10.1. The third-order valence-corrected chi connectivity index (χ3v) is 4.87. The van der Waals surface area contributed by atoms with Crippen LogP contribution in [0.1, 0.15) is 29.9 Å². The number of aromatic nitrogens is 3. The fourth-order valence-corrected chi connectivity index (χ4v) is 3.36. The van der Waals surface area contributed by atoms with E-state index >= 15 is 0 Å². The van der Waals surface area contributed by atoms with Gasteiger partial charge in [0.15, 0.2) is 0 Å². The summed E-state index contributed by atoms with van der Waals surface area (Å²) in [5.41, 5.74) is 6.28. The molecule has 2 aromatic heterocycles. The Balaban J connectivity index is 1.45. The number of hydrogen-bond acceptors (Lipinski definition) is 1. The summed E-state index contributed by atoms with van der Waals surface area (Å²) in [4.78, 5) is 0. The fourth-order valence-electron chi connectivity index (χ4n) is 3.36. The van der Waals surface area contributed by atoms with Crippen LogP contribution in [-0.2, 0) is 6.54 Å². The lowest BCUT2D eigenvalue weighted by Crippen LogP contribution is -2.00. The van der Waals surface area contributed by atoms with Crippen LogP contribution < -0.4 is 0 Å². The second-order valence-corrected chi connectivity index (χ2v) is 6.64. The Morgan fingerprint density at radius 1 is 1.12 bits per heavy atom. The summed E-state index contributed by atoms with van der Waals surface area (Å²) >= 11 is 0. The van der Waals surface area contributed by atoms with E-state index in [4.69, 9.17) is 0 Å². The van der Waals surface area contributed by atoms with Gasteiger partial charge in [0.2, 0.25) is 0 Å². The molecule has 1 aliphatic carbocycles. The number of fused-ring (bicyclic) bond motifs is 1. The molecule has 3 heteroatoms. The molecule has 2 heterocycles. The molecule has 0 atom stereocenters. The first-order valence-electron chi connectivity index (χ1n) is 8.45. The highest BCUT2D eigenvalue weighted by molar-refractivity contribution is 5.78. The maximum absolute atomic E-state index is 4.09. The van der Waals surface area contributed by atoms with E-state index in [-0.39, 0.29) is 0 Å². The Hall–Kier alpha value is -2.81. The Morgan fingerprint density at radius 2 is 2.00 bits per heavy atom. The molecule has 0 bridgehead atoms. The van der Waals surface area contributed by atoms with E-state index in [9.17, 15) is 0 Å². The molecule has 1 N–H and O–H groups in total. The van der Waals surface area contributed by atoms with Crippen LogP contribution in [0.15, 0.2) is 60.9 Å². The monoisotopic (exact) mass is 312 g/mol. The number of rotatable bonds is 4. The first-order chi connectivity index (χ1) is 11.9. The summed E-state index contributed by atoms with van der Waals surface area (Å²) in [6.45, 7) is 0.832. The summed E-state index contributed by atoms with van der Waals surface area (Å²) in [7, 11) is 0. The minimum absolute atomic E-state index is 0.804. The van der Waals surface area contributed by atoms with E-state index < -0.39 is 0 Å². The second kappa shape index (κ2) is 5.38. The molecule has 5 rings (SSSR count). The van der Waals surface area contributed by atoms with Gasteiger partial charge in [-0.2, -0.15) is 5.10 Å². The van der Waals surface area contributed by atoms with Gasteiger partial charge in [0.25, 0.3) is 0 Å². The van der Waals surface area contributed by atoms with Gasteiger partial charge in [-0.3, -0.25) is 5.10 Å². The van der Waals surface area contributed by atoms with Crippen molar-refractivity contribution in [1.29, 1.82) is 0 Å². The predicted molar refractivity (Wildman–Crippen MR) is 95.9 cm³/mol. The van der Waals surface area contributed by atoms with Crippen LogP contribution >= 0.6 is 0 Å². The molecular weight excluding hydrogens is 294 g/mol. The van der Waals surface area contributed by atoms with Crippen molar-refractivity contribution in [2.24, 2.45) is 0 Å². The second-order valence-electron chi connectivity index (χ2n) is 6.64. The van der Waals surface area contributed by atoms with Crippen molar-refractivity contribution >= 4 is 10.9 Å². The molecule has 1 fully saturated rings. The molecule has 0 saturated heterocycles. The summed E-state index contributed by atoms with van der Waals surface area (Å²) in [6.07, 6.45) is 6.58. The fraction of sp³-hybridized carbons (Fsp3) is 0.190. The number of H-pyrrole nitrogens is 1. The molecular formula is C21H18N3. The molecule has 24 heavy (non-hydrogen) atoms. The molecule has 2 aromatic carbocycles. The lowest BCUT2D eigenvalue weighted by molar-refractivity contribution is 0.814. The minimum atomic E-state index is 0.804. The lowest BCUT2D eigenvalue weighted by Gasteiger charge is -2.10. The van der Waals surface area contributed by atoms with E-state index in [0.29, 0.717) is 0 Å². The van der Waals surface area contributed by atoms with E-state index in [1.807, 2.05) is 12.4 Å². The van der Waals surface area contributed by atoms with Crippen LogP contribution in [0.25, 0.3) is 22.2 Å². The van der Waals surface area contributed by atoms with Gasteiger partial charge in [0, 0.05) is 29.9 Å². The van der Waals surface area contributed by atoms with Gasteiger partial charge in [-0.15, -0.1) is 0 Å². The molecule has 117 valence electrons. The molecule has 4 aromatic rings. The normalized spacial score (nSPS) is 14.3. The van der Waals surface area contributed by atoms with Gasteiger partial charge in [-0.05, 0) is 47.6 Å². The van der Waals surface area contributed by atoms with E-state index in [1.165, 1.54) is 35.2 Å². The largest absolute Gasteiger partial charge is 0.342 e. The Kier molecular flexibility index (Phi) is 3.05. The van der Waals surface area contributed by atoms with Gasteiger partial charge in [-0.1, -0.05) is 36.4 Å². The van der Waals surface area contributed by atoms with Crippen LogP contribution in [0, 0.1) is 6.07 Å². The van der Waals surface area contributed by atoms with Gasteiger partial charge >= 0.3 is 0 Å². The number of nitrogens with zero attached hydrogens (tertiary/aromatic N) is 2. The van der Waals surface area contributed by atoms with Crippen molar-refractivity contribution in [2.75, 3.05) is 0 Å². The van der Waals surface area contributed by atoms with Crippen LogP contribution in [0.5, 0.6) is 0 Å². The summed E-state index contributed by atoms with van der Waals surface area (Å²) in [6, 6.07) is 20.8. The Morgan fingerprint density at radius 3 is 2.83 bits per heavy atom. The maximum Gasteiger partial charge on any atom is 0.0653 e. The molecule has 1 saturated carbocycles. The first-order valence-corrected chi connectivity index (χ1v) is 8.45. The van der Waals surface area contributed by atoms with E-state index in [2.05, 4.69) is 69.4 Å². The van der Waals surface area contributed by atoms with Crippen molar-refractivity contribution in [2.45, 2.75) is 25.3 Å². The smallest absolute Gasteiger partial charge is 0.0653 e. The first kappa shape index (κ1) is 13.6. The summed E-state index contributed by atoms with van der Waals surface area (Å²) < 4.78 is 2.25. The minimum Gasteiger partial charge on any atom is -0.342 e. The van der Waals surface area contributed by atoms with Crippen molar-refractivity contribution in [1.82, 2.24) is 14.8 Å². The van der Waals surface area contributed by atoms with Crippen LogP contribution in [0.2, 0.25) is 0 Å². The molecule has 0 amide bonds. The highest BCUT2D eigenvalue weighted by atomic mass is 15.1. The van der Waals surface area contributed by atoms with Gasteiger partial charge in [0.05, 0.1) is 11.7 Å². The SMILES string of the molecule is [c]1cc(-c2ccc(C3CC3)cc2)n(Cc2ccc3cn[nH]c3c2)c1. The quantitative estimate of drug-likeness (QED) is 0.579. The Labute approximate surface area is 140 Å². The zero-order valence-electron chi connectivity index (χ0n) is 13.4. The highest BCUT2D eigenvalue weighted by Gasteiger charge is 2.23. The van der Waals surface area contributed by atoms with Crippen LogP contribution in [0.3, 0.4) is 0 Å². The van der Waals surface area contributed by atoms with Gasteiger partial charge in [0.1, 0.15) is 0 Å².